The molecular formula is C15H20N2O4. The number of carbonyl (C=O) groups is 3. The zero-order valence-corrected chi connectivity index (χ0v) is 12.4. The molecule has 21 heavy (non-hydrogen) atoms. The van der Waals surface area contributed by atoms with Crippen LogP contribution in [0.4, 0.5) is 0 Å². The van der Waals surface area contributed by atoms with Gasteiger partial charge in [0.1, 0.15) is 6.54 Å². The molecule has 0 heterocycles. The average molecular weight is 292 g/mol. The second-order valence-electron chi connectivity index (χ2n) is 4.74. The highest BCUT2D eigenvalue weighted by Gasteiger charge is 2.23. The number of hydrogen-bond acceptors (Lipinski definition) is 3. The molecule has 1 unspecified atom stereocenters. The van der Waals surface area contributed by atoms with Crippen molar-refractivity contribution < 1.29 is 19.5 Å². The number of rotatable bonds is 6. The van der Waals surface area contributed by atoms with Gasteiger partial charge in [0.05, 0.1) is 0 Å². The summed E-state index contributed by atoms with van der Waals surface area (Å²) in [7, 11) is 1.51. The Morgan fingerprint density at radius 2 is 1.90 bits per heavy atom. The maximum atomic E-state index is 12.5. The van der Waals surface area contributed by atoms with Gasteiger partial charge in [-0.2, -0.15) is 0 Å². The highest BCUT2D eigenvalue weighted by molar-refractivity contribution is 6.00. The zero-order valence-electron chi connectivity index (χ0n) is 12.4. The topological polar surface area (TPSA) is 86.7 Å². The van der Waals surface area contributed by atoms with Crippen molar-refractivity contribution in [3.8, 4) is 0 Å². The Morgan fingerprint density at radius 3 is 2.43 bits per heavy atom. The summed E-state index contributed by atoms with van der Waals surface area (Å²) in [6.07, 6.45) is 0.647. The maximum absolute atomic E-state index is 12.5. The molecule has 0 fully saturated rings. The molecule has 0 spiro atoms. The van der Waals surface area contributed by atoms with Crippen LogP contribution < -0.4 is 5.32 Å². The molecule has 114 valence electrons. The van der Waals surface area contributed by atoms with E-state index in [0.29, 0.717) is 17.5 Å². The molecule has 0 aliphatic carbocycles. The molecule has 1 atom stereocenters. The molecule has 0 aliphatic rings. The summed E-state index contributed by atoms with van der Waals surface area (Å²) < 4.78 is 0. The molecule has 2 amide bonds. The standard InChI is InChI=1S/C15H20N2O4/c1-4-10(2)17(9-13(18)19)15(21)12-7-5-6-11(8-12)14(20)16-3/h5-8,10H,4,9H2,1-3H3,(H,16,20)(H,18,19). The highest BCUT2D eigenvalue weighted by atomic mass is 16.4. The first-order valence-electron chi connectivity index (χ1n) is 6.75. The quantitative estimate of drug-likeness (QED) is 0.829. The van der Waals surface area contributed by atoms with E-state index in [2.05, 4.69) is 5.32 Å². The number of carboxylic acids is 1. The smallest absolute Gasteiger partial charge is 0.323 e. The lowest BCUT2D eigenvalue weighted by atomic mass is 10.1. The van der Waals surface area contributed by atoms with Crippen LogP contribution in [0.5, 0.6) is 0 Å². The first-order valence-corrected chi connectivity index (χ1v) is 6.75. The third kappa shape index (κ3) is 4.30. The fourth-order valence-corrected chi connectivity index (χ4v) is 1.90. The summed E-state index contributed by atoms with van der Waals surface area (Å²) >= 11 is 0. The number of nitrogens with zero attached hydrogens (tertiary/aromatic N) is 1. The monoisotopic (exact) mass is 292 g/mol. The average Bonchev–Trinajstić information content (AvgIpc) is 2.50. The Labute approximate surface area is 123 Å². The lowest BCUT2D eigenvalue weighted by molar-refractivity contribution is -0.138. The van der Waals surface area contributed by atoms with E-state index in [9.17, 15) is 14.4 Å². The molecule has 6 heteroatoms. The number of benzene rings is 1. The first kappa shape index (κ1) is 16.7. The zero-order chi connectivity index (χ0) is 16.0. The van der Waals surface area contributed by atoms with Crippen LogP contribution in [0.2, 0.25) is 0 Å². The number of amides is 2. The predicted octanol–water partition coefficient (Wildman–Crippen LogP) is 1.37. The lowest BCUT2D eigenvalue weighted by Crippen LogP contribution is -2.41. The van der Waals surface area contributed by atoms with Crippen molar-refractivity contribution in [2.75, 3.05) is 13.6 Å². The van der Waals surface area contributed by atoms with Crippen LogP contribution >= 0.6 is 0 Å². The van der Waals surface area contributed by atoms with Gasteiger partial charge in [0.2, 0.25) is 0 Å². The van der Waals surface area contributed by atoms with Crippen LogP contribution in [0, 0.1) is 0 Å². The van der Waals surface area contributed by atoms with Crippen molar-refractivity contribution in [3.63, 3.8) is 0 Å². The molecule has 1 aromatic carbocycles. The Morgan fingerprint density at radius 1 is 1.29 bits per heavy atom. The van der Waals surface area contributed by atoms with Crippen molar-refractivity contribution in [2.45, 2.75) is 26.3 Å². The molecule has 0 bridgehead atoms. The number of carboxylic acid groups (broad SMARTS) is 1. The van der Waals surface area contributed by atoms with Gasteiger partial charge >= 0.3 is 5.97 Å². The van der Waals surface area contributed by atoms with Crippen molar-refractivity contribution in [1.82, 2.24) is 10.2 Å². The third-order valence-corrected chi connectivity index (χ3v) is 3.29. The summed E-state index contributed by atoms with van der Waals surface area (Å²) in [6.45, 7) is 3.31. The Hall–Kier alpha value is -2.37. The van der Waals surface area contributed by atoms with E-state index >= 15 is 0 Å². The van der Waals surface area contributed by atoms with Crippen LogP contribution in [0.3, 0.4) is 0 Å². The molecule has 0 saturated carbocycles. The van der Waals surface area contributed by atoms with Crippen LogP contribution in [-0.4, -0.2) is 47.4 Å². The minimum atomic E-state index is -1.06. The summed E-state index contributed by atoms with van der Waals surface area (Å²) in [5, 5.41) is 11.4. The van der Waals surface area contributed by atoms with Crippen LogP contribution in [-0.2, 0) is 4.79 Å². The minimum absolute atomic E-state index is 0.197. The Balaban J connectivity index is 3.08. The summed E-state index contributed by atoms with van der Waals surface area (Å²) in [5.74, 6) is -1.75. The predicted molar refractivity (Wildman–Crippen MR) is 78.3 cm³/mol. The summed E-state index contributed by atoms with van der Waals surface area (Å²) in [6, 6.07) is 6.05. The first-order chi connectivity index (χ1) is 9.90. The SMILES string of the molecule is CCC(C)N(CC(=O)O)C(=O)c1cccc(C(=O)NC)c1. The van der Waals surface area contributed by atoms with Crippen LogP contribution in [0.1, 0.15) is 41.0 Å². The molecule has 0 aliphatic heterocycles. The van der Waals surface area contributed by atoms with E-state index in [1.165, 1.54) is 18.0 Å². The van der Waals surface area contributed by atoms with E-state index in [-0.39, 0.29) is 18.5 Å². The minimum Gasteiger partial charge on any atom is -0.480 e. The van der Waals surface area contributed by atoms with E-state index in [1.54, 1.807) is 25.1 Å². The maximum Gasteiger partial charge on any atom is 0.323 e. The highest BCUT2D eigenvalue weighted by Crippen LogP contribution is 2.12. The van der Waals surface area contributed by atoms with Crippen LogP contribution in [0.25, 0.3) is 0 Å². The molecule has 6 nitrogen and oxygen atoms in total. The Bertz CT molecular complexity index is 542. The van der Waals surface area contributed by atoms with E-state index in [4.69, 9.17) is 5.11 Å². The number of aliphatic carboxylic acids is 1. The molecular weight excluding hydrogens is 272 g/mol. The van der Waals surface area contributed by atoms with Gasteiger partial charge in [-0.05, 0) is 31.5 Å². The third-order valence-electron chi connectivity index (χ3n) is 3.29. The second kappa shape index (κ2) is 7.42. The van der Waals surface area contributed by atoms with E-state index in [0.717, 1.165) is 0 Å². The summed E-state index contributed by atoms with van der Waals surface area (Å²) in [4.78, 5) is 36.3. The fourth-order valence-electron chi connectivity index (χ4n) is 1.90. The second-order valence-corrected chi connectivity index (χ2v) is 4.74. The van der Waals surface area contributed by atoms with E-state index < -0.39 is 11.9 Å². The van der Waals surface area contributed by atoms with Gasteiger partial charge in [-0.15, -0.1) is 0 Å². The van der Waals surface area contributed by atoms with Gasteiger partial charge in [-0.3, -0.25) is 14.4 Å². The molecule has 1 aromatic rings. The molecule has 2 N–H and O–H groups in total. The van der Waals surface area contributed by atoms with Gasteiger partial charge in [0.15, 0.2) is 0 Å². The number of carbonyl (C=O) groups excluding carboxylic acids is 2. The van der Waals surface area contributed by atoms with Gasteiger partial charge in [0, 0.05) is 24.2 Å². The van der Waals surface area contributed by atoms with Gasteiger partial charge in [0.25, 0.3) is 11.8 Å². The van der Waals surface area contributed by atoms with Gasteiger partial charge in [-0.25, -0.2) is 0 Å². The van der Waals surface area contributed by atoms with Crippen molar-refractivity contribution in [2.24, 2.45) is 0 Å². The summed E-state index contributed by atoms with van der Waals surface area (Å²) in [5.41, 5.74) is 0.667. The lowest BCUT2D eigenvalue weighted by Gasteiger charge is -2.27. The molecule has 0 saturated heterocycles. The van der Waals surface area contributed by atoms with Crippen molar-refractivity contribution in [3.05, 3.63) is 35.4 Å². The van der Waals surface area contributed by atoms with E-state index in [1.807, 2.05) is 6.92 Å². The molecule has 0 aromatic heterocycles. The normalized spacial score (nSPS) is 11.6. The largest absolute Gasteiger partial charge is 0.480 e. The number of hydrogen-bond donors (Lipinski definition) is 2. The number of nitrogens with one attached hydrogen (secondary N) is 1. The molecule has 0 radical (unpaired) electrons. The molecule has 1 rings (SSSR count). The van der Waals surface area contributed by atoms with Gasteiger partial charge < -0.3 is 15.3 Å². The van der Waals surface area contributed by atoms with Crippen molar-refractivity contribution in [1.29, 1.82) is 0 Å². The Kier molecular flexibility index (Phi) is 5.90. The van der Waals surface area contributed by atoms with Gasteiger partial charge in [-0.1, -0.05) is 13.0 Å². The van der Waals surface area contributed by atoms with Crippen LogP contribution in [0.15, 0.2) is 24.3 Å². The fraction of sp³-hybridized carbons (Fsp3) is 0.400. The van der Waals surface area contributed by atoms with Crippen molar-refractivity contribution >= 4 is 17.8 Å².